The standard InChI is InChI=1S/C16H18FN5O/c1-12-19-15(10-16(20-12)22-5-7-23-8-6-22)21-18-11-13-3-2-4-14(17)9-13/h2-4,9-11H,5-8H2,1H3,(H,19,20,21). The number of benzene rings is 1. The molecule has 0 atom stereocenters. The van der Waals surface area contributed by atoms with Crippen molar-refractivity contribution in [3.8, 4) is 0 Å². The van der Waals surface area contributed by atoms with Crippen LogP contribution in [0, 0.1) is 12.7 Å². The Kier molecular flexibility index (Phi) is 4.77. The minimum absolute atomic E-state index is 0.290. The first-order valence-electron chi connectivity index (χ1n) is 7.44. The lowest BCUT2D eigenvalue weighted by Gasteiger charge is -2.28. The van der Waals surface area contributed by atoms with Gasteiger partial charge in [0.05, 0.1) is 19.4 Å². The number of ether oxygens (including phenoxy) is 1. The zero-order valence-electron chi connectivity index (χ0n) is 12.9. The molecule has 7 heteroatoms. The van der Waals surface area contributed by atoms with Crippen LogP contribution in [0.25, 0.3) is 0 Å². The Balaban J connectivity index is 1.71. The number of morpholine rings is 1. The molecule has 0 radical (unpaired) electrons. The van der Waals surface area contributed by atoms with Gasteiger partial charge in [0.1, 0.15) is 17.5 Å². The summed E-state index contributed by atoms with van der Waals surface area (Å²) in [4.78, 5) is 10.9. The van der Waals surface area contributed by atoms with Gasteiger partial charge in [0.15, 0.2) is 5.82 Å². The van der Waals surface area contributed by atoms with Gasteiger partial charge in [-0.15, -0.1) is 0 Å². The second kappa shape index (κ2) is 7.15. The van der Waals surface area contributed by atoms with Crippen LogP contribution in [-0.4, -0.2) is 42.5 Å². The molecule has 0 saturated carbocycles. The number of nitrogens with one attached hydrogen (secondary N) is 1. The number of hydrogen-bond donors (Lipinski definition) is 1. The molecule has 0 amide bonds. The molecule has 1 aliphatic heterocycles. The minimum atomic E-state index is -0.290. The molecule has 1 saturated heterocycles. The lowest BCUT2D eigenvalue weighted by molar-refractivity contribution is 0.122. The van der Waals surface area contributed by atoms with E-state index in [0.29, 0.717) is 30.4 Å². The first-order chi connectivity index (χ1) is 11.2. The molecule has 0 spiro atoms. The van der Waals surface area contributed by atoms with E-state index >= 15 is 0 Å². The zero-order valence-corrected chi connectivity index (χ0v) is 12.9. The van der Waals surface area contributed by atoms with Crippen LogP contribution in [0.2, 0.25) is 0 Å². The lowest BCUT2D eigenvalue weighted by atomic mass is 10.2. The fourth-order valence-electron chi connectivity index (χ4n) is 2.32. The SMILES string of the molecule is Cc1nc(NN=Cc2cccc(F)c2)cc(N2CCOCC2)n1. The van der Waals surface area contributed by atoms with Crippen LogP contribution in [-0.2, 0) is 4.74 Å². The van der Waals surface area contributed by atoms with Gasteiger partial charge in [0.25, 0.3) is 0 Å². The number of aromatic nitrogens is 2. The van der Waals surface area contributed by atoms with Gasteiger partial charge in [-0.25, -0.2) is 14.4 Å². The maximum Gasteiger partial charge on any atom is 0.152 e. The smallest absolute Gasteiger partial charge is 0.152 e. The Morgan fingerprint density at radius 1 is 1.26 bits per heavy atom. The Morgan fingerprint density at radius 3 is 2.87 bits per heavy atom. The van der Waals surface area contributed by atoms with E-state index in [9.17, 15) is 4.39 Å². The summed E-state index contributed by atoms with van der Waals surface area (Å²) in [5.74, 6) is 1.83. The minimum Gasteiger partial charge on any atom is -0.378 e. The summed E-state index contributed by atoms with van der Waals surface area (Å²) < 4.78 is 18.5. The van der Waals surface area contributed by atoms with Crippen LogP contribution in [0.1, 0.15) is 11.4 Å². The van der Waals surface area contributed by atoms with Crippen molar-refractivity contribution in [2.75, 3.05) is 36.6 Å². The molecule has 1 aromatic carbocycles. The van der Waals surface area contributed by atoms with E-state index in [2.05, 4.69) is 25.4 Å². The van der Waals surface area contributed by atoms with Gasteiger partial charge in [-0.2, -0.15) is 5.10 Å². The van der Waals surface area contributed by atoms with Crippen LogP contribution in [0.5, 0.6) is 0 Å². The number of rotatable bonds is 4. The highest BCUT2D eigenvalue weighted by Crippen LogP contribution is 2.17. The molecule has 1 aliphatic rings. The average Bonchev–Trinajstić information content (AvgIpc) is 2.55. The molecule has 0 bridgehead atoms. The van der Waals surface area contributed by atoms with Crippen molar-refractivity contribution in [3.05, 3.63) is 47.5 Å². The second-order valence-corrected chi connectivity index (χ2v) is 5.18. The predicted molar refractivity (Wildman–Crippen MR) is 87.4 cm³/mol. The third-order valence-corrected chi connectivity index (χ3v) is 3.40. The third kappa shape index (κ3) is 4.23. The Hall–Kier alpha value is -2.54. The molecule has 1 N–H and O–H groups in total. The zero-order chi connectivity index (χ0) is 16.1. The molecular formula is C16H18FN5O. The fourth-order valence-corrected chi connectivity index (χ4v) is 2.32. The number of anilines is 2. The predicted octanol–water partition coefficient (Wildman–Crippen LogP) is 2.21. The third-order valence-electron chi connectivity index (χ3n) is 3.40. The summed E-state index contributed by atoms with van der Waals surface area (Å²) in [6, 6.07) is 8.07. The number of hydrazone groups is 1. The molecule has 120 valence electrons. The van der Waals surface area contributed by atoms with Gasteiger partial charge in [-0.05, 0) is 24.6 Å². The van der Waals surface area contributed by atoms with Crippen molar-refractivity contribution >= 4 is 17.9 Å². The van der Waals surface area contributed by atoms with Crippen LogP contribution < -0.4 is 10.3 Å². The van der Waals surface area contributed by atoms with E-state index < -0.39 is 0 Å². The summed E-state index contributed by atoms with van der Waals surface area (Å²) in [5.41, 5.74) is 3.55. The molecule has 0 aliphatic carbocycles. The first kappa shape index (κ1) is 15.4. The first-order valence-corrected chi connectivity index (χ1v) is 7.44. The molecule has 2 aromatic rings. The van der Waals surface area contributed by atoms with Gasteiger partial charge in [-0.1, -0.05) is 12.1 Å². The molecule has 0 unspecified atom stereocenters. The Labute approximate surface area is 134 Å². The van der Waals surface area contributed by atoms with Crippen molar-refractivity contribution in [3.63, 3.8) is 0 Å². The van der Waals surface area contributed by atoms with Crippen molar-refractivity contribution in [1.29, 1.82) is 0 Å². The van der Waals surface area contributed by atoms with E-state index in [1.165, 1.54) is 12.1 Å². The number of aryl methyl sites for hydroxylation is 1. The van der Waals surface area contributed by atoms with Gasteiger partial charge < -0.3 is 9.64 Å². The molecule has 23 heavy (non-hydrogen) atoms. The highest BCUT2D eigenvalue weighted by molar-refractivity contribution is 5.80. The van der Waals surface area contributed by atoms with Gasteiger partial charge >= 0.3 is 0 Å². The molecule has 3 rings (SSSR count). The van der Waals surface area contributed by atoms with Crippen LogP contribution in [0.3, 0.4) is 0 Å². The summed E-state index contributed by atoms with van der Waals surface area (Å²) in [7, 11) is 0. The summed E-state index contributed by atoms with van der Waals surface area (Å²) >= 11 is 0. The van der Waals surface area contributed by atoms with Crippen LogP contribution in [0.15, 0.2) is 35.4 Å². The topological polar surface area (TPSA) is 62.6 Å². The monoisotopic (exact) mass is 315 g/mol. The summed E-state index contributed by atoms with van der Waals surface area (Å²) in [6.45, 7) is 4.85. The quantitative estimate of drug-likeness (QED) is 0.692. The Morgan fingerprint density at radius 2 is 2.09 bits per heavy atom. The van der Waals surface area contributed by atoms with Crippen molar-refractivity contribution < 1.29 is 9.13 Å². The highest BCUT2D eigenvalue weighted by Gasteiger charge is 2.13. The van der Waals surface area contributed by atoms with E-state index in [-0.39, 0.29) is 5.82 Å². The second-order valence-electron chi connectivity index (χ2n) is 5.18. The summed E-state index contributed by atoms with van der Waals surface area (Å²) in [6.07, 6.45) is 1.55. The van der Waals surface area contributed by atoms with Crippen molar-refractivity contribution in [2.24, 2.45) is 5.10 Å². The number of nitrogens with zero attached hydrogens (tertiary/aromatic N) is 4. The molecular weight excluding hydrogens is 297 g/mol. The molecule has 1 aromatic heterocycles. The van der Waals surface area contributed by atoms with E-state index in [1.54, 1.807) is 18.3 Å². The molecule has 1 fully saturated rings. The highest BCUT2D eigenvalue weighted by atomic mass is 19.1. The summed E-state index contributed by atoms with van der Waals surface area (Å²) in [5, 5.41) is 4.11. The van der Waals surface area contributed by atoms with E-state index in [1.807, 2.05) is 13.0 Å². The van der Waals surface area contributed by atoms with Crippen molar-refractivity contribution in [1.82, 2.24) is 9.97 Å². The molecule has 2 heterocycles. The van der Waals surface area contributed by atoms with E-state index in [0.717, 1.165) is 18.9 Å². The van der Waals surface area contributed by atoms with Gasteiger partial charge in [0, 0.05) is 19.2 Å². The fraction of sp³-hybridized carbons (Fsp3) is 0.312. The lowest BCUT2D eigenvalue weighted by Crippen LogP contribution is -2.36. The maximum absolute atomic E-state index is 13.1. The number of halogens is 1. The van der Waals surface area contributed by atoms with E-state index in [4.69, 9.17) is 4.74 Å². The van der Waals surface area contributed by atoms with Gasteiger partial charge in [0.2, 0.25) is 0 Å². The average molecular weight is 315 g/mol. The van der Waals surface area contributed by atoms with Gasteiger partial charge in [-0.3, -0.25) is 5.43 Å². The van der Waals surface area contributed by atoms with Crippen molar-refractivity contribution in [2.45, 2.75) is 6.92 Å². The molecule has 6 nitrogen and oxygen atoms in total. The van der Waals surface area contributed by atoms with Crippen LogP contribution >= 0.6 is 0 Å². The number of hydrogen-bond acceptors (Lipinski definition) is 6. The largest absolute Gasteiger partial charge is 0.378 e. The normalized spacial score (nSPS) is 15.1. The Bertz CT molecular complexity index is 701. The van der Waals surface area contributed by atoms with Crippen LogP contribution in [0.4, 0.5) is 16.0 Å². The maximum atomic E-state index is 13.1.